The molecule has 0 saturated heterocycles. The molecule has 0 saturated carbocycles. The molecule has 0 aromatic heterocycles. The fraction of sp³-hybridized carbons (Fsp3) is 0.723. The molecular weight excluding hydrogens is 861 g/mol. The lowest BCUT2D eigenvalue weighted by molar-refractivity contribution is -0.163. The Labute approximate surface area is 434 Å². The summed E-state index contributed by atoms with van der Waals surface area (Å²) in [6.45, 7) is 7.65. The normalized spacial score (nSPS) is 12.9. The summed E-state index contributed by atoms with van der Waals surface area (Å²) < 4.78 is 17.5. The maximum absolute atomic E-state index is 12.9. The van der Waals surface area contributed by atoms with Gasteiger partial charge in [-0.05, 0) is 122 Å². The Bertz CT molecular complexity index is 1330. The van der Waals surface area contributed by atoms with Crippen LogP contribution in [0.4, 0.5) is 0 Å². The Morgan fingerprint density at radius 3 is 1.07 bits per heavy atom. The van der Waals surface area contributed by atoms with Crippen molar-refractivity contribution in [1.82, 2.24) is 0 Å². The van der Waals surface area contributed by atoms with Gasteiger partial charge < -0.3 is 14.2 Å². The number of ether oxygens (including phenoxy) is 3. The number of rotatable bonds is 54. The molecule has 0 aliphatic rings. The van der Waals surface area contributed by atoms with Crippen LogP contribution in [0.1, 0.15) is 278 Å². The third kappa shape index (κ3) is 57.4. The van der Waals surface area contributed by atoms with Gasteiger partial charge in [-0.2, -0.15) is 0 Å². The minimum atomic E-state index is -0.560. The fourth-order valence-corrected chi connectivity index (χ4v) is 8.15. The summed E-state index contributed by atoms with van der Waals surface area (Å²) in [4.78, 5) is 25.6. The van der Waals surface area contributed by atoms with Crippen LogP contribution in [-0.4, -0.2) is 37.9 Å². The Hall–Kier alpha value is -3.18. The number of esters is 2. The number of hydrogen-bond acceptors (Lipinski definition) is 5. The van der Waals surface area contributed by atoms with Crippen molar-refractivity contribution >= 4 is 11.9 Å². The summed E-state index contributed by atoms with van der Waals surface area (Å²) in [7, 11) is 0. The van der Waals surface area contributed by atoms with Gasteiger partial charge in [-0.15, -0.1) is 0 Å². The number of hydrogen-bond donors (Lipinski definition) is 0. The van der Waals surface area contributed by atoms with Gasteiger partial charge in [-0.3, -0.25) is 9.59 Å². The van der Waals surface area contributed by atoms with Gasteiger partial charge in [-0.25, -0.2) is 0 Å². The van der Waals surface area contributed by atoms with E-state index in [0.717, 1.165) is 103 Å². The van der Waals surface area contributed by atoms with Crippen LogP contribution in [0.15, 0.2) is 97.2 Å². The van der Waals surface area contributed by atoms with E-state index in [2.05, 4.69) is 118 Å². The summed E-state index contributed by atoms with van der Waals surface area (Å²) in [5.74, 6) is -0.432. The van der Waals surface area contributed by atoms with Crippen LogP contribution in [0.3, 0.4) is 0 Å². The SMILES string of the molecule is CC/C=C\C/C=C\C/C=C\C/C=C\CCCCCCC(=O)OCC(COCCCCCCCCC/C=C\C/C=C\C/C=C\CCCCC)OC(=O)CCCCCCCCC/C=C\CCCCCCCC. The van der Waals surface area contributed by atoms with Gasteiger partial charge in [0.15, 0.2) is 6.10 Å². The van der Waals surface area contributed by atoms with E-state index in [4.69, 9.17) is 14.2 Å². The highest BCUT2D eigenvalue weighted by molar-refractivity contribution is 5.70. The maximum atomic E-state index is 12.9. The monoisotopic (exact) mass is 973 g/mol. The molecule has 402 valence electrons. The van der Waals surface area contributed by atoms with Crippen LogP contribution in [0, 0.1) is 0 Å². The lowest BCUT2D eigenvalue weighted by Gasteiger charge is -2.18. The van der Waals surface area contributed by atoms with Crippen molar-refractivity contribution in [2.45, 2.75) is 284 Å². The first-order valence-electron chi connectivity index (χ1n) is 29.8. The summed E-state index contributed by atoms with van der Waals surface area (Å²) in [5.41, 5.74) is 0. The average Bonchev–Trinajstić information content (AvgIpc) is 3.36. The van der Waals surface area contributed by atoms with E-state index >= 15 is 0 Å². The van der Waals surface area contributed by atoms with Crippen molar-refractivity contribution in [3.63, 3.8) is 0 Å². The molecule has 0 aliphatic carbocycles. The van der Waals surface area contributed by atoms with E-state index in [9.17, 15) is 9.59 Å². The average molecular weight is 974 g/mol. The zero-order valence-corrected chi connectivity index (χ0v) is 46.3. The molecule has 1 atom stereocenters. The van der Waals surface area contributed by atoms with Gasteiger partial charge in [0, 0.05) is 19.4 Å². The highest BCUT2D eigenvalue weighted by Gasteiger charge is 2.17. The molecule has 0 spiro atoms. The van der Waals surface area contributed by atoms with Gasteiger partial charge in [0.25, 0.3) is 0 Å². The molecule has 5 heteroatoms. The Morgan fingerprint density at radius 1 is 0.329 bits per heavy atom. The van der Waals surface area contributed by atoms with E-state index < -0.39 is 6.10 Å². The van der Waals surface area contributed by atoms with Crippen molar-refractivity contribution in [2.24, 2.45) is 0 Å². The predicted molar refractivity (Wildman–Crippen MR) is 306 cm³/mol. The molecule has 0 aromatic carbocycles. The summed E-state index contributed by atoms with van der Waals surface area (Å²) in [6, 6.07) is 0. The smallest absolute Gasteiger partial charge is 0.306 e. The second kappa shape index (κ2) is 60.1. The van der Waals surface area contributed by atoms with Gasteiger partial charge in [0.05, 0.1) is 6.61 Å². The zero-order valence-electron chi connectivity index (χ0n) is 46.3. The first-order chi connectivity index (χ1) is 34.6. The Kier molecular flexibility index (Phi) is 57.4. The largest absolute Gasteiger partial charge is 0.462 e. The number of allylic oxidation sites excluding steroid dienone is 16. The van der Waals surface area contributed by atoms with Crippen molar-refractivity contribution in [3.8, 4) is 0 Å². The van der Waals surface area contributed by atoms with Gasteiger partial charge in [0.2, 0.25) is 0 Å². The highest BCUT2D eigenvalue weighted by atomic mass is 16.6. The molecule has 0 amide bonds. The van der Waals surface area contributed by atoms with Crippen LogP contribution in [0.5, 0.6) is 0 Å². The Balaban J connectivity index is 4.35. The first-order valence-corrected chi connectivity index (χ1v) is 29.8. The van der Waals surface area contributed by atoms with Crippen LogP contribution in [0.25, 0.3) is 0 Å². The molecule has 70 heavy (non-hydrogen) atoms. The third-order valence-electron chi connectivity index (χ3n) is 12.6. The molecular formula is C65H112O5. The molecule has 0 heterocycles. The molecule has 0 aromatic rings. The van der Waals surface area contributed by atoms with Gasteiger partial charge in [0.1, 0.15) is 6.61 Å². The molecule has 0 radical (unpaired) electrons. The standard InChI is InChI=1S/C65H112O5/c1-4-7-10-13-16-19-22-25-28-31-32-33-36-39-42-45-48-51-54-57-60-68-61-63(70-65(67)59-56-53-50-47-44-41-38-35-30-27-24-21-18-15-12-9-6-3)62-69-64(66)58-55-52-49-46-43-40-37-34-29-26-23-20-17-14-11-8-5-2/h8,11,16-17,19-20,25-30,32-33,37,40,63H,4-7,9-10,12-15,18,21-24,31,34-36,38-39,41-62H2,1-3H3/b11-8-,19-16-,20-17-,28-25-,29-26-,30-27-,33-32-,40-37-. The predicted octanol–water partition coefficient (Wildman–Crippen LogP) is 20.6. The second-order valence-corrected chi connectivity index (χ2v) is 19.5. The van der Waals surface area contributed by atoms with Crippen LogP contribution < -0.4 is 0 Å². The number of carbonyl (C=O) groups is 2. The molecule has 0 N–H and O–H groups in total. The lowest BCUT2D eigenvalue weighted by atomic mass is 10.1. The molecule has 0 aliphatic heterocycles. The summed E-state index contributed by atoms with van der Waals surface area (Å²) in [5, 5.41) is 0. The number of unbranched alkanes of at least 4 members (excludes halogenated alkanes) is 27. The van der Waals surface area contributed by atoms with Crippen molar-refractivity contribution in [2.75, 3.05) is 19.8 Å². The summed E-state index contributed by atoms with van der Waals surface area (Å²) >= 11 is 0. The third-order valence-corrected chi connectivity index (χ3v) is 12.6. The van der Waals surface area contributed by atoms with Crippen LogP contribution in [0.2, 0.25) is 0 Å². The van der Waals surface area contributed by atoms with E-state index in [1.807, 2.05) is 0 Å². The second-order valence-electron chi connectivity index (χ2n) is 19.5. The van der Waals surface area contributed by atoms with E-state index in [1.54, 1.807) is 0 Å². The van der Waals surface area contributed by atoms with E-state index in [1.165, 1.54) is 141 Å². The van der Waals surface area contributed by atoms with Crippen molar-refractivity contribution in [1.29, 1.82) is 0 Å². The topological polar surface area (TPSA) is 61.8 Å². The van der Waals surface area contributed by atoms with Crippen LogP contribution >= 0.6 is 0 Å². The molecule has 1 unspecified atom stereocenters. The minimum absolute atomic E-state index is 0.0629. The molecule has 5 nitrogen and oxygen atoms in total. The fourth-order valence-electron chi connectivity index (χ4n) is 8.15. The summed E-state index contributed by atoms with van der Waals surface area (Å²) in [6.07, 6.45) is 81.4. The zero-order chi connectivity index (χ0) is 50.6. The molecule has 0 bridgehead atoms. The van der Waals surface area contributed by atoms with Gasteiger partial charge in [-0.1, -0.05) is 240 Å². The maximum Gasteiger partial charge on any atom is 0.306 e. The van der Waals surface area contributed by atoms with Crippen LogP contribution in [-0.2, 0) is 23.8 Å². The van der Waals surface area contributed by atoms with Crippen molar-refractivity contribution < 1.29 is 23.8 Å². The molecule has 0 rings (SSSR count). The van der Waals surface area contributed by atoms with Gasteiger partial charge >= 0.3 is 11.9 Å². The van der Waals surface area contributed by atoms with E-state index in [0.29, 0.717) is 19.4 Å². The van der Waals surface area contributed by atoms with E-state index in [-0.39, 0.29) is 25.2 Å². The Morgan fingerprint density at radius 2 is 0.643 bits per heavy atom. The quantitative estimate of drug-likeness (QED) is 0.0345. The lowest BCUT2D eigenvalue weighted by Crippen LogP contribution is -2.30. The molecule has 0 fully saturated rings. The van der Waals surface area contributed by atoms with Crippen molar-refractivity contribution in [3.05, 3.63) is 97.2 Å². The number of carbonyl (C=O) groups excluding carboxylic acids is 2. The first kappa shape index (κ1) is 66.8. The highest BCUT2D eigenvalue weighted by Crippen LogP contribution is 2.14. The minimum Gasteiger partial charge on any atom is -0.462 e.